The monoisotopic (exact) mass is 298 g/mol. The van der Waals surface area contributed by atoms with Crippen LogP contribution in [0, 0.1) is 0 Å². The normalized spacial score (nSPS) is 11.0. The second-order valence-corrected chi connectivity index (χ2v) is 4.53. The third-order valence-corrected chi connectivity index (χ3v) is 3.21. The molecule has 0 N–H and O–H groups in total. The van der Waals surface area contributed by atoms with E-state index in [1.807, 2.05) is 42.5 Å². The maximum Gasteiger partial charge on any atom is 0.338 e. The maximum absolute atomic E-state index is 12.0. The van der Waals surface area contributed by atoms with Crippen LogP contribution in [-0.4, -0.2) is 27.3 Å². The molecule has 2 aromatic carbocycles. The molecule has 2 aromatic rings. The molecule has 4 nitrogen and oxygen atoms in total. The first-order chi connectivity index (χ1) is 10.7. The van der Waals surface area contributed by atoms with Crippen molar-refractivity contribution in [2.24, 2.45) is 0 Å². The topological polar surface area (TPSA) is 44.8 Å². The maximum atomic E-state index is 12.0. The summed E-state index contributed by atoms with van der Waals surface area (Å²) in [5, 5.41) is 0. The molecule has 4 heteroatoms. The van der Waals surface area contributed by atoms with Gasteiger partial charge in [-0.3, -0.25) is 0 Å². The summed E-state index contributed by atoms with van der Waals surface area (Å²) >= 11 is 0. The minimum atomic E-state index is -0.388. The number of carbonyl (C=O) groups is 1. The molecule has 0 heterocycles. The fourth-order valence-electron chi connectivity index (χ4n) is 2.10. The largest absolute Gasteiger partial charge is 0.493 e. The van der Waals surface area contributed by atoms with Gasteiger partial charge in [-0.1, -0.05) is 36.4 Å². The second-order valence-electron chi connectivity index (χ2n) is 4.53. The van der Waals surface area contributed by atoms with Crippen LogP contribution < -0.4 is 9.47 Å². The highest BCUT2D eigenvalue weighted by atomic mass is 16.5. The van der Waals surface area contributed by atoms with Crippen LogP contribution in [-0.2, 0) is 9.53 Å². The van der Waals surface area contributed by atoms with Crippen LogP contribution in [0.25, 0.3) is 11.6 Å². The summed E-state index contributed by atoms with van der Waals surface area (Å²) in [5.41, 5.74) is 2.10. The van der Waals surface area contributed by atoms with Gasteiger partial charge in [0.15, 0.2) is 11.5 Å². The lowest BCUT2D eigenvalue weighted by Gasteiger charge is -2.09. The van der Waals surface area contributed by atoms with E-state index < -0.39 is 0 Å². The highest BCUT2D eigenvalue weighted by Crippen LogP contribution is 2.29. The van der Waals surface area contributed by atoms with Gasteiger partial charge in [-0.2, -0.15) is 0 Å². The van der Waals surface area contributed by atoms with E-state index in [4.69, 9.17) is 14.2 Å². The molecule has 0 fully saturated rings. The summed E-state index contributed by atoms with van der Waals surface area (Å²) in [6.07, 6.45) is 1.77. The lowest BCUT2D eigenvalue weighted by atomic mass is 10.0. The minimum Gasteiger partial charge on any atom is -0.493 e. The van der Waals surface area contributed by atoms with Gasteiger partial charge in [-0.05, 0) is 29.3 Å². The summed E-state index contributed by atoms with van der Waals surface area (Å²) in [6.45, 7) is 0. The van der Waals surface area contributed by atoms with Gasteiger partial charge >= 0.3 is 5.97 Å². The third-order valence-electron chi connectivity index (χ3n) is 3.21. The molecule has 22 heavy (non-hydrogen) atoms. The van der Waals surface area contributed by atoms with E-state index in [0.29, 0.717) is 17.1 Å². The third kappa shape index (κ3) is 3.47. The van der Waals surface area contributed by atoms with Gasteiger partial charge in [-0.25, -0.2) is 4.79 Å². The number of benzene rings is 2. The summed E-state index contributed by atoms with van der Waals surface area (Å²) < 4.78 is 15.4. The van der Waals surface area contributed by atoms with Gasteiger partial charge in [0, 0.05) is 0 Å². The fraction of sp³-hybridized carbons (Fsp3) is 0.167. The Morgan fingerprint density at radius 2 is 1.59 bits per heavy atom. The fourth-order valence-corrected chi connectivity index (χ4v) is 2.10. The number of hydrogen-bond donors (Lipinski definition) is 0. The Hall–Kier alpha value is -2.75. The van der Waals surface area contributed by atoms with Crippen molar-refractivity contribution in [2.75, 3.05) is 21.3 Å². The summed E-state index contributed by atoms with van der Waals surface area (Å²) in [5.74, 6) is 0.855. The van der Waals surface area contributed by atoms with Gasteiger partial charge in [0.05, 0.1) is 26.9 Å². The van der Waals surface area contributed by atoms with Crippen LogP contribution >= 0.6 is 0 Å². The van der Waals surface area contributed by atoms with Crippen LogP contribution in [0.1, 0.15) is 11.1 Å². The average molecular weight is 298 g/mol. The molecule has 2 rings (SSSR count). The summed E-state index contributed by atoms with van der Waals surface area (Å²) in [7, 11) is 4.52. The smallest absolute Gasteiger partial charge is 0.338 e. The van der Waals surface area contributed by atoms with Gasteiger partial charge < -0.3 is 14.2 Å². The molecule has 0 saturated heterocycles. The Morgan fingerprint density at radius 3 is 2.18 bits per heavy atom. The van der Waals surface area contributed by atoms with Crippen molar-refractivity contribution < 1.29 is 19.0 Å². The van der Waals surface area contributed by atoms with Gasteiger partial charge in [0.1, 0.15) is 0 Å². The predicted molar refractivity (Wildman–Crippen MR) is 85.9 cm³/mol. The van der Waals surface area contributed by atoms with Crippen LogP contribution in [0.15, 0.2) is 48.5 Å². The number of rotatable bonds is 5. The van der Waals surface area contributed by atoms with Gasteiger partial charge in [0.25, 0.3) is 0 Å². The molecule has 114 valence electrons. The van der Waals surface area contributed by atoms with E-state index in [0.717, 1.165) is 11.1 Å². The summed E-state index contributed by atoms with van der Waals surface area (Å²) in [6, 6.07) is 14.8. The molecule has 0 atom stereocenters. The predicted octanol–water partition coefficient (Wildman–Crippen LogP) is 3.42. The molecule has 0 aliphatic rings. The Labute approximate surface area is 129 Å². The number of esters is 1. The average Bonchev–Trinajstić information content (AvgIpc) is 2.59. The van der Waals surface area contributed by atoms with Crippen molar-refractivity contribution in [3.8, 4) is 11.5 Å². The lowest BCUT2D eigenvalue weighted by Crippen LogP contribution is -2.03. The molecule has 0 aromatic heterocycles. The molecule has 0 unspecified atom stereocenters. The molecular weight excluding hydrogens is 280 g/mol. The van der Waals surface area contributed by atoms with Crippen LogP contribution in [0.4, 0.5) is 0 Å². The molecular formula is C18H18O4. The number of hydrogen-bond acceptors (Lipinski definition) is 4. The molecule has 0 spiro atoms. The van der Waals surface area contributed by atoms with Crippen molar-refractivity contribution in [3.05, 3.63) is 59.7 Å². The number of carbonyl (C=O) groups excluding carboxylic acids is 1. The SMILES string of the molecule is COC(=O)C(=Cc1ccc(OC)c(OC)c1)c1ccccc1. The molecule has 0 bridgehead atoms. The van der Waals surface area contributed by atoms with Crippen molar-refractivity contribution >= 4 is 17.6 Å². The number of ether oxygens (including phenoxy) is 3. The molecule has 0 aliphatic heterocycles. The Kier molecular flexibility index (Phi) is 5.20. The van der Waals surface area contributed by atoms with Crippen molar-refractivity contribution in [2.45, 2.75) is 0 Å². The van der Waals surface area contributed by atoms with E-state index in [9.17, 15) is 4.79 Å². The van der Waals surface area contributed by atoms with Crippen LogP contribution in [0.5, 0.6) is 11.5 Å². The standard InChI is InChI=1S/C18H18O4/c1-20-16-10-9-13(12-17(16)21-2)11-15(18(19)22-3)14-7-5-4-6-8-14/h4-12H,1-3H3. The van der Waals surface area contributed by atoms with E-state index in [-0.39, 0.29) is 5.97 Å². The van der Waals surface area contributed by atoms with Crippen LogP contribution in [0.2, 0.25) is 0 Å². The molecule has 0 aliphatic carbocycles. The zero-order valence-electron chi connectivity index (χ0n) is 12.8. The number of methoxy groups -OCH3 is 3. The molecule has 0 amide bonds. The minimum absolute atomic E-state index is 0.388. The second kappa shape index (κ2) is 7.31. The van der Waals surface area contributed by atoms with Crippen molar-refractivity contribution in [3.63, 3.8) is 0 Å². The first kappa shape index (κ1) is 15.6. The molecule has 0 saturated carbocycles. The highest BCUT2D eigenvalue weighted by molar-refractivity contribution is 6.21. The molecule has 0 radical (unpaired) electrons. The Bertz CT molecular complexity index is 675. The van der Waals surface area contributed by atoms with Gasteiger partial charge in [0.2, 0.25) is 0 Å². The van der Waals surface area contributed by atoms with E-state index in [1.165, 1.54) is 7.11 Å². The Balaban J connectivity index is 2.48. The van der Waals surface area contributed by atoms with E-state index in [1.54, 1.807) is 26.4 Å². The van der Waals surface area contributed by atoms with Crippen LogP contribution in [0.3, 0.4) is 0 Å². The zero-order valence-corrected chi connectivity index (χ0v) is 12.8. The van der Waals surface area contributed by atoms with E-state index in [2.05, 4.69) is 0 Å². The quantitative estimate of drug-likeness (QED) is 0.482. The summed E-state index contributed by atoms with van der Waals surface area (Å²) in [4.78, 5) is 12.0. The lowest BCUT2D eigenvalue weighted by molar-refractivity contribution is -0.133. The van der Waals surface area contributed by atoms with Gasteiger partial charge in [-0.15, -0.1) is 0 Å². The Morgan fingerprint density at radius 1 is 0.909 bits per heavy atom. The van der Waals surface area contributed by atoms with Crippen molar-refractivity contribution in [1.29, 1.82) is 0 Å². The van der Waals surface area contributed by atoms with Crippen molar-refractivity contribution in [1.82, 2.24) is 0 Å². The highest BCUT2D eigenvalue weighted by Gasteiger charge is 2.13. The first-order valence-electron chi connectivity index (χ1n) is 6.77. The first-order valence-corrected chi connectivity index (χ1v) is 6.77. The van der Waals surface area contributed by atoms with E-state index >= 15 is 0 Å². The zero-order chi connectivity index (χ0) is 15.9.